The first-order valence-electron chi connectivity index (χ1n) is 8.56. The fraction of sp³-hybridized carbons (Fsp3) is 0.316. The Morgan fingerprint density at radius 3 is 2.93 bits per heavy atom. The van der Waals surface area contributed by atoms with Gasteiger partial charge in [0, 0.05) is 18.4 Å². The fourth-order valence-corrected chi connectivity index (χ4v) is 3.77. The molecular weight excluding hydrogens is 366 g/mol. The minimum absolute atomic E-state index is 0.158. The highest BCUT2D eigenvalue weighted by atomic mass is 32.1. The predicted molar refractivity (Wildman–Crippen MR) is 106 cm³/mol. The van der Waals surface area contributed by atoms with Crippen molar-refractivity contribution in [2.24, 2.45) is 0 Å². The van der Waals surface area contributed by atoms with Gasteiger partial charge in [0.05, 0.1) is 36.9 Å². The molecule has 142 valence electrons. The molecule has 0 spiro atoms. The maximum Gasteiger partial charge on any atom is 0.266 e. The first kappa shape index (κ1) is 19.1. The van der Waals surface area contributed by atoms with Gasteiger partial charge >= 0.3 is 0 Å². The number of fused-ring (bicyclic) bond motifs is 1. The first-order chi connectivity index (χ1) is 13.0. The molecule has 0 bridgehead atoms. The Balaban J connectivity index is 1.90. The Bertz CT molecular complexity index is 1030. The van der Waals surface area contributed by atoms with E-state index in [9.17, 15) is 9.59 Å². The highest BCUT2D eigenvalue weighted by Crippen LogP contribution is 2.28. The van der Waals surface area contributed by atoms with Gasteiger partial charge in [0.15, 0.2) is 0 Å². The van der Waals surface area contributed by atoms with E-state index >= 15 is 0 Å². The SMILES string of the molecule is CCOCCn1cnc2sc(C(=O)Nc3cccc(OC)c3)c(C)c2c1=O. The molecule has 0 radical (unpaired) electrons. The molecule has 3 rings (SSSR count). The van der Waals surface area contributed by atoms with Crippen molar-refractivity contribution >= 4 is 33.1 Å². The van der Waals surface area contributed by atoms with Crippen molar-refractivity contribution in [1.82, 2.24) is 9.55 Å². The largest absolute Gasteiger partial charge is 0.497 e. The topological polar surface area (TPSA) is 82.5 Å². The second kappa shape index (κ2) is 8.32. The van der Waals surface area contributed by atoms with Gasteiger partial charge in [-0.05, 0) is 31.5 Å². The maximum atomic E-state index is 12.7. The number of hydrogen-bond donors (Lipinski definition) is 1. The van der Waals surface area contributed by atoms with Crippen LogP contribution in [0.3, 0.4) is 0 Å². The summed E-state index contributed by atoms with van der Waals surface area (Å²) in [6.45, 7) is 5.14. The van der Waals surface area contributed by atoms with Gasteiger partial charge < -0.3 is 14.8 Å². The van der Waals surface area contributed by atoms with Gasteiger partial charge in [-0.25, -0.2) is 4.98 Å². The molecule has 1 N–H and O–H groups in total. The summed E-state index contributed by atoms with van der Waals surface area (Å²) in [5.41, 5.74) is 1.10. The van der Waals surface area contributed by atoms with Gasteiger partial charge in [0.2, 0.25) is 0 Å². The fourth-order valence-electron chi connectivity index (χ4n) is 2.73. The third kappa shape index (κ3) is 4.01. The molecule has 27 heavy (non-hydrogen) atoms. The highest BCUT2D eigenvalue weighted by molar-refractivity contribution is 7.20. The lowest BCUT2D eigenvalue weighted by molar-refractivity contribution is 0.103. The number of rotatable bonds is 7. The molecule has 0 saturated heterocycles. The summed E-state index contributed by atoms with van der Waals surface area (Å²) in [4.78, 5) is 30.8. The summed E-state index contributed by atoms with van der Waals surface area (Å²) < 4.78 is 12.0. The summed E-state index contributed by atoms with van der Waals surface area (Å²) in [5, 5.41) is 3.33. The van der Waals surface area contributed by atoms with Crippen molar-refractivity contribution < 1.29 is 14.3 Å². The Kier molecular flexibility index (Phi) is 5.88. The van der Waals surface area contributed by atoms with E-state index in [1.54, 1.807) is 38.3 Å². The van der Waals surface area contributed by atoms with Crippen molar-refractivity contribution in [3.63, 3.8) is 0 Å². The van der Waals surface area contributed by atoms with E-state index in [1.807, 2.05) is 6.92 Å². The zero-order valence-electron chi connectivity index (χ0n) is 15.4. The number of nitrogens with zero attached hydrogens (tertiary/aromatic N) is 2. The molecule has 0 aliphatic heterocycles. The quantitative estimate of drug-likeness (QED) is 0.630. The van der Waals surface area contributed by atoms with Gasteiger partial charge in [-0.15, -0.1) is 11.3 Å². The highest BCUT2D eigenvalue weighted by Gasteiger charge is 2.19. The van der Waals surface area contributed by atoms with Crippen LogP contribution in [-0.2, 0) is 11.3 Å². The third-order valence-electron chi connectivity index (χ3n) is 4.13. The molecule has 2 aromatic heterocycles. The van der Waals surface area contributed by atoms with Crippen molar-refractivity contribution in [2.45, 2.75) is 20.4 Å². The zero-order valence-corrected chi connectivity index (χ0v) is 16.3. The van der Waals surface area contributed by atoms with Crippen LogP contribution >= 0.6 is 11.3 Å². The van der Waals surface area contributed by atoms with Gasteiger partial charge in [-0.2, -0.15) is 0 Å². The molecule has 0 fully saturated rings. The third-order valence-corrected chi connectivity index (χ3v) is 5.33. The van der Waals surface area contributed by atoms with Crippen LogP contribution in [-0.4, -0.2) is 35.8 Å². The first-order valence-corrected chi connectivity index (χ1v) is 9.38. The number of methoxy groups -OCH3 is 1. The van der Waals surface area contributed by atoms with Crippen molar-refractivity contribution in [3.05, 3.63) is 51.4 Å². The lowest BCUT2D eigenvalue weighted by Gasteiger charge is -2.06. The molecule has 3 aromatic rings. The van der Waals surface area contributed by atoms with E-state index in [0.717, 1.165) is 0 Å². The van der Waals surface area contributed by atoms with Gasteiger partial charge in [-0.3, -0.25) is 14.2 Å². The molecular formula is C19H21N3O4S. The smallest absolute Gasteiger partial charge is 0.266 e. The normalized spacial score (nSPS) is 10.9. The summed E-state index contributed by atoms with van der Waals surface area (Å²) in [5.74, 6) is 0.378. The minimum atomic E-state index is -0.274. The molecule has 8 heteroatoms. The summed E-state index contributed by atoms with van der Waals surface area (Å²) in [6.07, 6.45) is 1.50. The van der Waals surface area contributed by atoms with E-state index in [2.05, 4.69) is 10.3 Å². The van der Waals surface area contributed by atoms with Gasteiger partial charge in [0.1, 0.15) is 10.6 Å². The molecule has 2 heterocycles. The van der Waals surface area contributed by atoms with Gasteiger partial charge in [0.25, 0.3) is 11.5 Å². The lowest BCUT2D eigenvalue weighted by atomic mass is 10.2. The van der Waals surface area contributed by atoms with Crippen LogP contribution in [0.25, 0.3) is 10.2 Å². The van der Waals surface area contributed by atoms with Gasteiger partial charge in [-0.1, -0.05) is 6.07 Å². The van der Waals surface area contributed by atoms with Crippen molar-refractivity contribution in [2.75, 3.05) is 25.6 Å². The van der Waals surface area contributed by atoms with E-state index in [1.165, 1.54) is 22.2 Å². The molecule has 0 atom stereocenters. The van der Waals surface area contributed by atoms with E-state index in [0.29, 0.717) is 51.9 Å². The number of hydrogen-bond acceptors (Lipinski definition) is 6. The van der Waals surface area contributed by atoms with Crippen LogP contribution in [0.1, 0.15) is 22.2 Å². The Morgan fingerprint density at radius 1 is 1.37 bits per heavy atom. The number of thiophene rings is 1. The summed E-state index contributed by atoms with van der Waals surface area (Å²) in [7, 11) is 1.57. The van der Waals surface area contributed by atoms with Crippen LogP contribution in [0.4, 0.5) is 5.69 Å². The van der Waals surface area contributed by atoms with Crippen LogP contribution < -0.4 is 15.6 Å². The van der Waals surface area contributed by atoms with Crippen LogP contribution in [0.15, 0.2) is 35.4 Å². The molecule has 0 aliphatic rings. The summed E-state index contributed by atoms with van der Waals surface area (Å²) >= 11 is 1.21. The lowest BCUT2D eigenvalue weighted by Crippen LogP contribution is -2.23. The Labute approximate surface area is 160 Å². The predicted octanol–water partition coefficient (Wildman–Crippen LogP) is 3.06. The molecule has 7 nitrogen and oxygen atoms in total. The number of aryl methyl sites for hydroxylation is 1. The van der Waals surface area contributed by atoms with Crippen molar-refractivity contribution in [3.8, 4) is 5.75 Å². The van der Waals surface area contributed by atoms with E-state index in [4.69, 9.17) is 9.47 Å². The number of aromatic nitrogens is 2. The minimum Gasteiger partial charge on any atom is -0.497 e. The molecule has 0 aliphatic carbocycles. The Morgan fingerprint density at radius 2 is 2.19 bits per heavy atom. The number of amides is 1. The Hall–Kier alpha value is -2.71. The second-order valence-corrected chi connectivity index (χ2v) is 6.86. The average Bonchev–Trinajstić information content (AvgIpc) is 3.01. The standard InChI is InChI=1S/C19H21N3O4S/c1-4-26-9-8-22-11-20-18-15(19(22)24)12(2)16(27-18)17(23)21-13-6-5-7-14(10-13)25-3/h5-7,10-11H,4,8-9H2,1-3H3,(H,21,23). The second-order valence-electron chi connectivity index (χ2n) is 5.86. The van der Waals surface area contributed by atoms with Crippen molar-refractivity contribution in [1.29, 1.82) is 0 Å². The van der Waals surface area contributed by atoms with Crippen LogP contribution in [0.5, 0.6) is 5.75 Å². The van der Waals surface area contributed by atoms with Crippen LogP contribution in [0.2, 0.25) is 0 Å². The molecule has 0 saturated carbocycles. The zero-order chi connectivity index (χ0) is 19.4. The number of ether oxygens (including phenoxy) is 2. The molecule has 1 amide bonds. The number of carbonyl (C=O) groups excluding carboxylic acids is 1. The summed E-state index contributed by atoms with van der Waals surface area (Å²) in [6, 6.07) is 7.11. The maximum absolute atomic E-state index is 12.7. The number of anilines is 1. The number of benzene rings is 1. The monoisotopic (exact) mass is 387 g/mol. The van der Waals surface area contributed by atoms with E-state index < -0.39 is 0 Å². The number of nitrogens with one attached hydrogen (secondary N) is 1. The number of carbonyl (C=O) groups is 1. The molecule has 0 unspecified atom stereocenters. The van der Waals surface area contributed by atoms with Crippen LogP contribution in [0, 0.1) is 6.92 Å². The average molecular weight is 387 g/mol. The molecule has 1 aromatic carbocycles. The van der Waals surface area contributed by atoms with E-state index in [-0.39, 0.29) is 11.5 Å².